The highest BCUT2D eigenvalue weighted by Crippen LogP contribution is 2.47. The molecule has 2 aromatic rings. The standard InChI is InChI=1S/C19H23N3O2/c23-18(14-9-8-12-4-3-6-13(12)14)20-11-10-17-21-16-7-2-1-5-15(16)19(24)22-17/h1-2,5,7,12-14H,3-4,6,8-11H2,(H,20,23)(H,21,22,24)/t12-,13-,14-/m0/s1. The van der Waals surface area contributed by atoms with Gasteiger partial charge in [-0.05, 0) is 43.2 Å². The molecule has 2 aliphatic carbocycles. The van der Waals surface area contributed by atoms with Crippen LogP contribution in [-0.4, -0.2) is 22.4 Å². The maximum atomic E-state index is 12.5. The molecule has 0 saturated heterocycles. The summed E-state index contributed by atoms with van der Waals surface area (Å²) in [7, 11) is 0. The fraction of sp³-hybridized carbons (Fsp3) is 0.526. The molecule has 0 aliphatic heterocycles. The van der Waals surface area contributed by atoms with E-state index >= 15 is 0 Å². The molecular formula is C19H23N3O2. The van der Waals surface area contributed by atoms with Crippen LogP contribution in [0.5, 0.6) is 0 Å². The second kappa shape index (κ2) is 6.38. The van der Waals surface area contributed by atoms with E-state index in [-0.39, 0.29) is 17.4 Å². The number of fused-ring (bicyclic) bond motifs is 2. The normalized spacial score (nSPS) is 25.8. The fourth-order valence-corrected chi connectivity index (χ4v) is 4.58. The first-order chi connectivity index (χ1) is 11.7. The minimum absolute atomic E-state index is 0.119. The van der Waals surface area contributed by atoms with Gasteiger partial charge in [0.05, 0.1) is 10.9 Å². The van der Waals surface area contributed by atoms with Crippen LogP contribution in [0.2, 0.25) is 0 Å². The fourth-order valence-electron chi connectivity index (χ4n) is 4.58. The molecule has 126 valence electrons. The van der Waals surface area contributed by atoms with Gasteiger partial charge in [0, 0.05) is 18.9 Å². The second-order valence-electron chi connectivity index (χ2n) is 7.11. The number of nitrogens with one attached hydrogen (secondary N) is 2. The van der Waals surface area contributed by atoms with E-state index in [9.17, 15) is 9.59 Å². The van der Waals surface area contributed by atoms with Gasteiger partial charge in [0.15, 0.2) is 0 Å². The summed E-state index contributed by atoms with van der Waals surface area (Å²) in [6.07, 6.45) is 6.58. The molecule has 2 N–H and O–H groups in total. The number of carbonyl (C=O) groups is 1. The Hall–Kier alpha value is -2.17. The summed E-state index contributed by atoms with van der Waals surface area (Å²) in [5.74, 6) is 2.39. The molecule has 1 heterocycles. The van der Waals surface area contributed by atoms with Crippen LogP contribution in [-0.2, 0) is 11.2 Å². The van der Waals surface area contributed by atoms with E-state index in [1.807, 2.05) is 18.2 Å². The molecule has 3 atom stereocenters. The van der Waals surface area contributed by atoms with Crippen molar-refractivity contribution in [2.24, 2.45) is 17.8 Å². The lowest BCUT2D eigenvalue weighted by Gasteiger charge is -2.17. The first-order valence-electron chi connectivity index (χ1n) is 8.98. The van der Waals surface area contributed by atoms with E-state index in [4.69, 9.17) is 0 Å². The van der Waals surface area contributed by atoms with Crippen molar-refractivity contribution < 1.29 is 4.79 Å². The van der Waals surface area contributed by atoms with Crippen molar-refractivity contribution in [2.45, 2.75) is 38.5 Å². The van der Waals surface area contributed by atoms with Crippen LogP contribution >= 0.6 is 0 Å². The summed E-state index contributed by atoms with van der Waals surface area (Å²) in [6, 6.07) is 7.31. The molecule has 2 aliphatic rings. The van der Waals surface area contributed by atoms with Gasteiger partial charge < -0.3 is 10.3 Å². The quantitative estimate of drug-likeness (QED) is 0.906. The molecule has 5 heteroatoms. The second-order valence-corrected chi connectivity index (χ2v) is 7.11. The molecule has 24 heavy (non-hydrogen) atoms. The molecule has 5 nitrogen and oxygen atoms in total. The minimum atomic E-state index is -0.119. The van der Waals surface area contributed by atoms with E-state index in [1.165, 1.54) is 25.7 Å². The van der Waals surface area contributed by atoms with Crippen LogP contribution < -0.4 is 10.9 Å². The number of rotatable bonds is 4. The van der Waals surface area contributed by atoms with Crippen LogP contribution in [0.3, 0.4) is 0 Å². The zero-order valence-corrected chi connectivity index (χ0v) is 13.8. The number of para-hydroxylation sites is 1. The lowest BCUT2D eigenvalue weighted by atomic mass is 9.91. The van der Waals surface area contributed by atoms with Gasteiger partial charge in [0.2, 0.25) is 5.91 Å². The van der Waals surface area contributed by atoms with E-state index in [0.29, 0.717) is 35.6 Å². The topological polar surface area (TPSA) is 74.8 Å². The Morgan fingerprint density at radius 1 is 1.21 bits per heavy atom. The summed E-state index contributed by atoms with van der Waals surface area (Å²) in [5.41, 5.74) is 0.582. The molecule has 2 fully saturated rings. The Balaban J connectivity index is 1.37. The van der Waals surface area contributed by atoms with Crippen molar-refractivity contribution in [2.75, 3.05) is 6.54 Å². The van der Waals surface area contributed by atoms with Crippen LogP contribution in [0.25, 0.3) is 10.9 Å². The zero-order valence-electron chi connectivity index (χ0n) is 13.8. The summed E-state index contributed by atoms with van der Waals surface area (Å²) in [4.78, 5) is 31.8. The number of hydrogen-bond donors (Lipinski definition) is 2. The van der Waals surface area contributed by atoms with E-state index in [0.717, 1.165) is 12.3 Å². The third-order valence-corrected chi connectivity index (χ3v) is 5.74. The third-order valence-electron chi connectivity index (χ3n) is 5.74. The Morgan fingerprint density at radius 3 is 3.00 bits per heavy atom. The van der Waals surface area contributed by atoms with Crippen LogP contribution in [0.1, 0.15) is 37.9 Å². The van der Waals surface area contributed by atoms with Crippen molar-refractivity contribution >= 4 is 16.8 Å². The molecule has 0 bridgehead atoms. The Kier molecular flexibility index (Phi) is 4.08. The molecule has 0 radical (unpaired) electrons. The molecule has 1 aromatic carbocycles. The van der Waals surface area contributed by atoms with Gasteiger partial charge in [-0.25, -0.2) is 4.98 Å². The predicted octanol–water partition coefficient (Wildman–Crippen LogP) is 2.41. The van der Waals surface area contributed by atoms with Gasteiger partial charge in [-0.15, -0.1) is 0 Å². The molecule has 2 saturated carbocycles. The summed E-state index contributed by atoms with van der Waals surface area (Å²) in [6.45, 7) is 0.522. The first-order valence-corrected chi connectivity index (χ1v) is 8.98. The predicted molar refractivity (Wildman–Crippen MR) is 92.6 cm³/mol. The maximum absolute atomic E-state index is 12.5. The highest BCUT2D eigenvalue weighted by Gasteiger charge is 2.42. The number of aromatic amines is 1. The molecule has 0 spiro atoms. The van der Waals surface area contributed by atoms with Crippen LogP contribution in [0.4, 0.5) is 0 Å². The summed E-state index contributed by atoms with van der Waals surface area (Å²) >= 11 is 0. The average molecular weight is 325 g/mol. The minimum Gasteiger partial charge on any atom is -0.355 e. The van der Waals surface area contributed by atoms with Gasteiger partial charge in [0.25, 0.3) is 5.56 Å². The number of aromatic nitrogens is 2. The molecule has 4 rings (SSSR count). The molecule has 1 amide bonds. The first kappa shape index (κ1) is 15.4. The number of carbonyl (C=O) groups excluding carboxylic acids is 1. The van der Waals surface area contributed by atoms with E-state index < -0.39 is 0 Å². The Bertz CT molecular complexity index is 814. The number of amides is 1. The maximum Gasteiger partial charge on any atom is 0.258 e. The number of nitrogens with zero attached hydrogens (tertiary/aromatic N) is 1. The van der Waals surface area contributed by atoms with Crippen LogP contribution in [0, 0.1) is 17.8 Å². The van der Waals surface area contributed by atoms with Crippen molar-refractivity contribution in [1.29, 1.82) is 0 Å². The smallest absolute Gasteiger partial charge is 0.258 e. The van der Waals surface area contributed by atoms with Gasteiger partial charge in [-0.3, -0.25) is 9.59 Å². The van der Waals surface area contributed by atoms with Crippen molar-refractivity contribution in [3.8, 4) is 0 Å². The summed E-state index contributed by atoms with van der Waals surface area (Å²) < 4.78 is 0. The van der Waals surface area contributed by atoms with E-state index in [1.54, 1.807) is 6.07 Å². The lowest BCUT2D eigenvalue weighted by molar-refractivity contribution is -0.126. The summed E-state index contributed by atoms with van der Waals surface area (Å²) in [5, 5.41) is 3.65. The van der Waals surface area contributed by atoms with Crippen molar-refractivity contribution in [3.63, 3.8) is 0 Å². The molecule has 1 aromatic heterocycles. The largest absolute Gasteiger partial charge is 0.355 e. The molecule has 0 unspecified atom stereocenters. The highest BCUT2D eigenvalue weighted by molar-refractivity contribution is 5.79. The van der Waals surface area contributed by atoms with Gasteiger partial charge in [-0.1, -0.05) is 25.0 Å². The highest BCUT2D eigenvalue weighted by atomic mass is 16.2. The Morgan fingerprint density at radius 2 is 2.08 bits per heavy atom. The SMILES string of the molecule is O=C(NCCc1nc2ccccc2c(=O)[nH]1)[C@H]1CC[C@@H]2CCC[C@@H]21. The molecular weight excluding hydrogens is 302 g/mol. The third kappa shape index (κ3) is 2.83. The number of H-pyrrole nitrogens is 1. The van der Waals surface area contributed by atoms with Gasteiger partial charge in [0.1, 0.15) is 5.82 Å². The average Bonchev–Trinajstić information content (AvgIpc) is 3.18. The number of hydrogen-bond acceptors (Lipinski definition) is 3. The zero-order chi connectivity index (χ0) is 16.5. The van der Waals surface area contributed by atoms with Crippen molar-refractivity contribution in [3.05, 3.63) is 40.4 Å². The number of benzene rings is 1. The van der Waals surface area contributed by atoms with Gasteiger partial charge in [-0.2, -0.15) is 0 Å². The Labute approximate surface area is 140 Å². The lowest BCUT2D eigenvalue weighted by Crippen LogP contribution is -2.34. The van der Waals surface area contributed by atoms with Gasteiger partial charge >= 0.3 is 0 Å². The van der Waals surface area contributed by atoms with Crippen LogP contribution in [0.15, 0.2) is 29.1 Å². The monoisotopic (exact) mass is 325 g/mol. The van der Waals surface area contributed by atoms with Crippen molar-refractivity contribution in [1.82, 2.24) is 15.3 Å². The van der Waals surface area contributed by atoms with E-state index in [2.05, 4.69) is 15.3 Å².